The van der Waals surface area contributed by atoms with E-state index in [1.54, 1.807) is 20.3 Å². The fraction of sp³-hybridized carbons (Fsp3) is 0.227. The summed E-state index contributed by atoms with van der Waals surface area (Å²) >= 11 is 6.60. The molecule has 0 bridgehead atoms. The Morgan fingerprint density at radius 1 is 1.13 bits per heavy atom. The maximum atomic E-state index is 12.7. The molecule has 0 aromatic heterocycles. The molecule has 0 radical (unpaired) electrons. The number of amides is 2. The van der Waals surface area contributed by atoms with Gasteiger partial charge in [0.05, 0.1) is 25.5 Å². The molecule has 6 nitrogen and oxygen atoms in total. The highest BCUT2D eigenvalue weighted by atomic mass is 32.2. The molecule has 1 N–H and O–H groups in total. The van der Waals surface area contributed by atoms with Crippen molar-refractivity contribution in [1.82, 2.24) is 10.2 Å². The number of hydrogen-bond acceptors (Lipinski definition) is 6. The van der Waals surface area contributed by atoms with Gasteiger partial charge >= 0.3 is 0 Å². The Balaban J connectivity index is 1.52. The molecule has 156 valence electrons. The SMILES string of the molecule is COc1ccc(CC(=O)NCCN2C(=O)/C(=C\c3cccc(OC)c3)SC2=S)cc1. The zero-order valence-corrected chi connectivity index (χ0v) is 18.3. The van der Waals surface area contributed by atoms with Crippen molar-refractivity contribution in [2.45, 2.75) is 6.42 Å². The molecule has 0 spiro atoms. The molecule has 0 saturated carbocycles. The number of carbonyl (C=O) groups excluding carboxylic acids is 2. The summed E-state index contributed by atoms with van der Waals surface area (Å²) < 4.78 is 10.8. The predicted molar refractivity (Wildman–Crippen MR) is 123 cm³/mol. The van der Waals surface area contributed by atoms with Crippen LogP contribution in [-0.2, 0) is 16.0 Å². The molecule has 1 heterocycles. The number of carbonyl (C=O) groups is 2. The van der Waals surface area contributed by atoms with Crippen LogP contribution in [0.25, 0.3) is 6.08 Å². The summed E-state index contributed by atoms with van der Waals surface area (Å²) in [6.45, 7) is 0.655. The standard InChI is InChI=1S/C22H22N2O4S2/c1-27-17-8-6-15(7-9-17)14-20(25)23-10-11-24-21(26)19(30-22(24)29)13-16-4-3-5-18(12-16)28-2/h3-9,12-13H,10-11,14H2,1-2H3,(H,23,25)/b19-13+. The maximum absolute atomic E-state index is 12.7. The fourth-order valence-corrected chi connectivity index (χ4v) is 4.18. The van der Waals surface area contributed by atoms with Crippen LogP contribution >= 0.6 is 24.0 Å². The lowest BCUT2D eigenvalue weighted by atomic mass is 10.1. The van der Waals surface area contributed by atoms with Crippen LogP contribution in [-0.4, -0.2) is 48.3 Å². The molecule has 1 saturated heterocycles. The van der Waals surface area contributed by atoms with Crippen molar-refractivity contribution in [3.8, 4) is 11.5 Å². The first kappa shape index (κ1) is 21.9. The minimum atomic E-state index is -0.155. The molecule has 2 amide bonds. The van der Waals surface area contributed by atoms with Gasteiger partial charge in [0.1, 0.15) is 15.8 Å². The van der Waals surface area contributed by atoms with Gasteiger partial charge in [0.2, 0.25) is 5.91 Å². The Kier molecular flexibility index (Phi) is 7.48. The topological polar surface area (TPSA) is 67.9 Å². The van der Waals surface area contributed by atoms with Gasteiger partial charge in [-0.25, -0.2) is 0 Å². The average molecular weight is 443 g/mol. The van der Waals surface area contributed by atoms with Crippen LogP contribution in [0.4, 0.5) is 0 Å². The third-order valence-electron chi connectivity index (χ3n) is 4.45. The minimum absolute atomic E-state index is 0.113. The van der Waals surface area contributed by atoms with E-state index in [-0.39, 0.29) is 18.2 Å². The van der Waals surface area contributed by atoms with E-state index >= 15 is 0 Å². The van der Waals surface area contributed by atoms with E-state index in [1.165, 1.54) is 16.7 Å². The van der Waals surface area contributed by atoms with Gasteiger partial charge < -0.3 is 14.8 Å². The minimum Gasteiger partial charge on any atom is -0.497 e. The molecule has 2 aromatic rings. The normalized spacial score (nSPS) is 14.9. The molecule has 3 rings (SSSR count). The number of methoxy groups -OCH3 is 2. The van der Waals surface area contributed by atoms with Gasteiger partial charge in [0.25, 0.3) is 5.91 Å². The lowest BCUT2D eigenvalue weighted by Gasteiger charge is -2.15. The van der Waals surface area contributed by atoms with Crippen LogP contribution in [0.5, 0.6) is 11.5 Å². The number of nitrogens with zero attached hydrogens (tertiary/aromatic N) is 1. The van der Waals surface area contributed by atoms with Gasteiger partial charge in [-0.15, -0.1) is 0 Å². The van der Waals surface area contributed by atoms with E-state index in [0.717, 1.165) is 22.6 Å². The largest absolute Gasteiger partial charge is 0.497 e. The summed E-state index contributed by atoms with van der Waals surface area (Å²) in [5, 5.41) is 2.84. The molecule has 0 aliphatic carbocycles. The van der Waals surface area contributed by atoms with Crippen LogP contribution in [0.2, 0.25) is 0 Å². The summed E-state index contributed by atoms with van der Waals surface area (Å²) in [6.07, 6.45) is 2.06. The fourth-order valence-electron chi connectivity index (χ4n) is 2.87. The van der Waals surface area contributed by atoms with Crippen molar-refractivity contribution in [2.24, 2.45) is 0 Å². The number of benzene rings is 2. The summed E-state index contributed by atoms with van der Waals surface area (Å²) in [7, 11) is 3.20. The smallest absolute Gasteiger partial charge is 0.266 e. The van der Waals surface area contributed by atoms with Crippen molar-refractivity contribution < 1.29 is 19.1 Å². The first-order valence-corrected chi connectivity index (χ1v) is 10.5. The molecule has 1 fully saturated rings. The van der Waals surface area contributed by atoms with E-state index in [9.17, 15) is 9.59 Å². The van der Waals surface area contributed by atoms with Gasteiger partial charge in [-0.1, -0.05) is 48.2 Å². The van der Waals surface area contributed by atoms with Gasteiger partial charge in [0, 0.05) is 13.1 Å². The Morgan fingerprint density at radius 3 is 2.57 bits per heavy atom. The zero-order valence-electron chi connectivity index (χ0n) is 16.7. The van der Waals surface area contributed by atoms with Crippen molar-refractivity contribution in [1.29, 1.82) is 0 Å². The maximum Gasteiger partial charge on any atom is 0.266 e. The third-order valence-corrected chi connectivity index (χ3v) is 5.82. The van der Waals surface area contributed by atoms with Gasteiger partial charge in [-0.2, -0.15) is 0 Å². The van der Waals surface area contributed by atoms with Gasteiger partial charge in [0.15, 0.2) is 0 Å². The van der Waals surface area contributed by atoms with Crippen molar-refractivity contribution in [3.63, 3.8) is 0 Å². The molecule has 8 heteroatoms. The average Bonchev–Trinajstić information content (AvgIpc) is 3.01. The third kappa shape index (κ3) is 5.61. The van der Waals surface area contributed by atoms with Crippen molar-refractivity contribution in [3.05, 3.63) is 64.6 Å². The summed E-state index contributed by atoms with van der Waals surface area (Å²) in [4.78, 5) is 26.9. The van der Waals surface area contributed by atoms with Crippen molar-refractivity contribution in [2.75, 3.05) is 27.3 Å². The molecule has 2 aromatic carbocycles. The van der Waals surface area contributed by atoms with E-state index in [1.807, 2.05) is 48.5 Å². The van der Waals surface area contributed by atoms with Crippen molar-refractivity contribution >= 4 is 46.2 Å². The van der Waals surface area contributed by atoms with Gasteiger partial charge in [-0.3, -0.25) is 14.5 Å². The second-order valence-electron chi connectivity index (χ2n) is 6.48. The Hall–Kier alpha value is -2.84. The highest BCUT2D eigenvalue weighted by molar-refractivity contribution is 8.26. The molecule has 0 atom stereocenters. The Labute approximate surface area is 185 Å². The lowest BCUT2D eigenvalue weighted by Crippen LogP contribution is -2.37. The number of ether oxygens (including phenoxy) is 2. The summed E-state index contributed by atoms with van der Waals surface area (Å²) in [6, 6.07) is 14.8. The molecule has 0 unspecified atom stereocenters. The molecule has 1 aliphatic rings. The first-order chi connectivity index (χ1) is 14.5. The number of rotatable bonds is 8. The lowest BCUT2D eigenvalue weighted by molar-refractivity contribution is -0.123. The van der Waals surface area contributed by atoms with Crippen LogP contribution in [0.3, 0.4) is 0 Å². The van der Waals surface area contributed by atoms with E-state index in [0.29, 0.717) is 22.3 Å². The van der Waals surface area contributed by atoms with Crippen LogP contribution in [0, 0.1) is 0 Å². The summed E-state index contributed by atoms with van der Waals surface area (Å²) in [5.74, 6) is 1.20. The second-order valence-corrected chi connectivity index (χ2v) is 8.16. The van der Waals surface area contributed by atoms with E-state index in [4.69, 9.17) is 21.7 Å². The number of hydrogen-bond donors (Lipinski definition) is 1. The number of nitrogens with one attached hydrogen (secondary N) is 1. The zero-order chi connectivity index (χ0) is 21.5. The summed E-state index contributed by atoms with van der Waals surface area (Å²) in [5.41, 5.74) is 1.75. The Morgan fingerprint density at radius 2 is 1.87 bits per heavy atom. The van der Waals surface area contributed by atoms with E-state index in [2.05, 4.69) is 5.32 Å². The van der Waals surface area contributed by atoms with Crippen LogP contribution in [0.15, 0.2) is 53.4 Å². The number of thioether (sulfide) groups is 1. The number of thiocarbonyl (C=S) groups is 1. The molecular formula is C22H22N2O4S2. The van der Waals surface area contributed by atoms with E-state index < -0.39 is 0 Å². The molecule has 1 aliphatic heterocycles. The highest BCUT2D eigenvalue weighted by Gasteiger charge is 2.31. The monoisotopic (exact) mass is 442 g/mol. The van der Waals surface area contributed by atoms with Crippen LogP contribution in [0.1, 0.15) is 11.1 Å². The molecule has 30 heavy (non-hydrogen) atoms. The Bertz CT molecular complexity index is 973. The highest BCUT2D eigenvalue weighted by Crippen LogP contribution is 2.32. The second kappa shape index (κ2) is 10.3. The first-order valence-electron chi connectivity index (χ1n) is 9.29. The predicted octanol–water partition coefficient (Wildman–Crippen LogP) is 3.26. The molecular weight excluding hydrogens is 420 g/mol. The quantitative estimate of drug-likeness (QED) is 0.500. The van der Waals surface area contributed by atoms with Crippen LogP contribution < -0.4 is 14.8 Å². The van der Waals surface area contributed by atoms with Gasteiger partial charge in [-0.05, 0) is 41.5 Å².